The highest BCUT2D eigenvalue weighted by molar-refractivity contribution is 9.10. The first-order valence-electron chi connectivity index (χ1n) is 6.42. The standard InChI is InChI=1S/C16H18BrNO/c1-3-12-5-4-6-14(9-12)19-16-10-13(17)7-8-15(16)11(2)18/h4-11H,3,18H2,1-2H3. The van der Waals surface area contributed by atoms with Crippen LogP contribution in [0.1, 0.15) is 31.0 Å². The van der Waals surface area contributed by atoms with Crippen LogP contribution in [0.2, 0.25) is 0 Å². The van der Waals surface area contributed by atoms with Crippen molar-refractivity contribution in [1.29, 1.82) is 0 Å². The summed E-state index contributed by atoms with van der Waals surface area (Å²) in [5.41, 5.74) is 8.24. The molecule has 1 atom stereocenters. The summed E-state index contributed by atoms with van der Waals surface area (Å²) >= 11 is 3.47. The molecule has 2 nitrogen and oxygen atoms in total. The molecule has 0 heterocycles. The van der Waals surface area contributed by atoms with Crippen LogP contribution in [0.15, 0.2) is 46.9 Å². The summed E-state index contributed by atoms with van der Waals surface area (Å²) in [6.45, 7) is 4.09. The van der Waals surface area contributed by atoms with E-state index in [1.807, 2.05) is 37.3 Å². The molecular formula is C16H18BrNO. The first kappa shape index (κ1) is 14.1. The molecule has 0 bridgehead atoms. The van der Waals surface area contributed by atoms with Gasteiger partial charge < -0.3 is 10.5 Å². The van der Waals surface area contributed by atoms with Gasteiger partial charge in [-0.2, -0.15) is 0 Å². The predicted octanol–water partition coefficient (Wildman–Crippen LogP) is 4.82. The minimum absolute atomic E-state index is 0.0579. The van der Waals surface area contributed by atoms with E-state index in [4.69, 9.17) is 10.5 Å². The topological polar surface area (TPSA) is 35.2 Å². The summed E-state index contributed by atoms with van der Waals surface area (Å²) in [7, 11) is 0. The molecule has 1 unspecified atom stereocenters. The van der Waals surface area contributed by atoms with E-state index in [0.717, 1.165) is 28.0 Å². The Morgan fingerprint density at radius 1 is 1.21 bits per heavy atom. The zero-order valence-electron chi connectivity index (χ0n) is 11.2. The lowest BCUT2D eigenvalue weighted by Gasteiger charge is -2.14. The lowest BCUT2D eigenvalue weighted by atomic mass is 10.1. The normalized spacial score (nSPS) is 12.2. The fourth-order valence-corrected chi connectivity index (χ4v) is 2.27. The van der Waals surface area contributed by atoms with Gasteiger partial charge in [0.1, 0.15) is 11.5 Å². The number of hydrogen-bond acceptors (Lipinski definition) is 2. The van der Waals surface area contributed by atoms with Gasteiger partial charge in [0, 0.05) is 16.1 Å². The molecule has 0 amide bonds. The zero-order valence-corrected chi connectivity index (χ0v) is 12.8. The molecule has 0 aliphatic rings. The Morgan fingerprint density at radius 3 is 2.68 bits per heavy atom. The number of benzene rings is 2. The van der Waals surface area contributed by atoms with Crippen LogP contribution in [0, 0.1) is 0 Å². The SMILES string of the molecule is CCc1cccc(Oc2cc(Br)ccc2C(C)N)c1. The minimum atomic E-state index is -0.0579. The predicted molar refractivity (Wildman–Crippen MR) is 82.6 cm³/mol. The van der Waals surface area contributed by atoms with Crippen LogP contribution in [-0.2, 0) is 6.42 Å². The van der Waals surface area contributed by atoms with Gasteiger partial charge in [0.15, 0.2) is 0 Å². The highest BCUT2D eigenvalue weighted by Crippen LogP contribution is 2.31. The molecule has 0 fully saturated rings. The third kappa shape index (κ3) is 3.58. The van der Waals surface area contributed by atoms with Crippen molar-refractivity contribution in [2.45, 2.75) is 26.3 Å². The van der Waals surface area contributed by atoms with Crippen LogP contribution in [0.5, 0.6) is 11.5 Å². The number of aryl methyl sites for hydroxylation is 1. The minimum Gasteiger partial charge on any atom is -0.457 e. The Morgan fingerprint density at radius 2 is 2.00 bits per heavy atom. The van der Waals surface area contributed by atoms with Crippen LogP contribution in [0.25, 0.3) is 0 Å². The summed E-state index contributed by atoms with van der Waals surface area (Å²) in [4.78, 5) is 0. The Bertz CT molecular complexity index is 566. The van der Waals surface area contributed by atoms with Crippen molar-refractivity contribution < 1.29 is 4.74 Å². The van der Waals surface area contributed by atoms with Crippen LogP contribution < -0.4 is 10.5 Å². The molecular weight excluding hydrogens is 302 g/mol. The van der Waals surface area contributed by atoms with Gasteiger partial charge >= 0.3 is 0 Å². The van der Waals surface area contributed by atoms with Crippen molar-refractivity contribution >= 4 is 15.9 Å². The van der Waals surface area contributed by atoms with Gasteiger partial charge in [0.25, 0.3) is 0 Å². The molecule has 100 valence electrons. The second kappa shape index (κ2) is 6.22. The third-order valence-corrected chi connectivity index (χ3v) is 3.49. The first-order valence-corrected chi connectivity index (χ1v) is 7.21. The van der Waals surface area contributed by atoms with E-state index >= 15 is 0 Å². The van der Waals surface area contributed by atoms with E-state index in [1.165, 1.54) is 5.56 Å². The van der Waals surface area contributed by atoms with Gasteiger partial charge in [-0.05, 0) is 43.2 Å². The Balaban J connectivity index is 2.33. The maximum absolute atomic E-state index is 5.98. The maximum atomic E-state index is 5.98. The largest absolute Gasteiger partial charge is 0.457 e. The van der Waals surface area contributed by atoms with E-state index in [0.29, 0.717) is 0 Å². The average molecular weight is 320 g/mol. The van der Waals surface area contributed by atoms with Crippen LogP contribution >= 0.6 is 15.9 Å². The summed E-state index contributed by atoms with van der Waals surface area (Å²) in [5.74, 6) is 1.65. The molecule has 0 aromatic heterocycles. The second-order valence-electron chi connectivity index (χ2n) is 4.57. The Labute approximate surface area is 122 Å². The van der Waals surface area contributed by atoms with Gasteiger partial charge in [-0.15, -0.1) is 0 Å². The molecule has 0 spiro atoms. The van der Waals surface area contributed by atoms with Crippen LogP contribution in [0.3, 0.4) is 0 Å². The number of halogens is 1. The molecule has 2 aromatic rings. The van der Waals surface area contributed by atoms with Crippen LogP contribution in [-0.4, -0.2) is 0 Å². The summed E-state index contributed by atoms with van der Waals surface area (Å²) < 4.78 is 6.97. The monoisotopic (exact) mass is 319 g/mol. The lowest BCUT2D eigenvalue weighted by Crippen LogP contribution is -2.06. The van der Waals surface area contributed by atoms with Crippen molar-refractivity contribution in [2.75, 3.05) is 0 Å². The van der Waals surface area contributed by atoms with Crippen LogP contribution in [0.4, 0.5) is 0 Å². The van der Waals surface area contributed by atoms with Crippen molar-refractivity contribution in [1.82, 2.24) is 0 Å². The van der Waals surface area contributed by atoms with Crippen molar-refractivity contribution in [3.8, 4) is 11.5 Å². The summed E-state index contributed by atoms with van der Waals surface area (Å²) in [6, 6.07) is 14.0. The van der Waals surface area contributed by atoms with Crippen molar-refractivity contribution in [3.05, 3.63) is 58.1 Å². The highest BCUT2D eigenvalue weighted by atomic mass is 79.9. The molecule has 0 saturated heterocycles. The van der Waals surface area contributed by atoms with E-state index in [-0.39, 0.29) is 6.04 Å². The third-order valence-electron chi connectivity index (χ3n) is 3.00. The quantitative estimate of drug-likeness (QED) is 0.876. The molecule has 19 heavy (non-hydrogen) atoms. The van der Waals surface area contributed by atoms with Gasteiger partial charge in [-0.3, -0.25) is 0 Å². The van der Waals surface area contributed by atoms with Crippen molar-refractivity contribution in [2.24, 2.45) is 5.73 Å². The average Bonchev–Trinajstić information content (AvgIpc) is 2.38. The summed E-state index contributed by atoms with van der Waals surface area (Å²) in [5, 5.41) is 0. The molecule has 0 aliphatic heterocycles. The highest BCUT2D eigenvalue weighted by Gasteiger charge is 2.10. The molecule has 0 saturated carbocycles. The fraction of sp³-hybridized carbons (Fsp3) is 0.250. The molecule has 2 aromatic carbocycles. The fourth-order valence-electron chi connectivity index (χ4n) is 1.93. The van der Waals surface area contributed by atoms with Gasteiger partial charge in [-0.25, -0.2) is 0 Å². The molecule has 2 rings (SSSR count). The number of hydrogen-bond donors (Lipinski definition) is 1. The summed E-state index contributed by atoms with van der Waals surface area (Å²) in [6.07, 6.45) is 0.996. The van der Waals surface area contributed by atoms with E-state index in [1.54, 1.807) is 0 Å². The molecule has 0 radical (unpaired) electrons. The lowest BCUT2D eigenvalue weighted by molar-refractivity contribution is 0.471. The molecule has 0 aliphatic carbocycles. The Hall–Kier alpha value is -1.32. The number of nitrogens with two attached hydrogens (primary N) is 1. The van der Waals surface area contributed by atoms with Gasteiger partial charge in [0.05, 0.1) is 0 Å². The Kier molecular flexibility index (Phi) is 4.61. The number of ether oxygens (including phenoxy) is 1. The smallest absolute Gasteiger partial charge is 0.133 e. The zero-order chi connectivity index (χ0) is 13.8. The number of rotatable bonds is 4. The first-order chi connectivity index (χ1) is 9.10. The molecule has 3 heteroatoms. The van der Waals surface area contributed by atoms with Crippen molar-refractivity contribution in [3.63, 3.8) is 0 Å². The van der Waals surface area contributed by atoms with Gasteiger partial charge in [-0.1, -0.05) is 41.1 Å². The van der Waals surface area contributed by atoms with E-state index < -0.39 is 0 Å². The molecule has 2 N–H and O–H groups in total. The second-order valence-corrected chi connectivity index (χ2v) is 5.49. The van der Waals surface area contributed by atoms with E-state index in [2.05, 4.69) is 35.0 Å². The van der Waals surface area contributed by atoms with E-state index in [9.17, 15) is 0 Å². The maximum Gasteiger partial charge on any atom is 0.133 e. The van der Waals surface area contributed by atoms with Gasteiger partial charge in [0.2, 0.25) is 0 Å².